The van der Waals surface area contributed by atoms with E-state index < -0.39 is 11.6 Å². The minimum atomic E-state index is -0.654. The highest BCUT2D eigenvalue weighted by Crippen LogP contribution is 2.60. The number of nitrogens with zero attached hydrogens (tertiary/aromatic N) is 6. The Hall–Kier alpha value is -7.10. The number of hydrogen-bond donors (Lipinski definition) is 0. The molecule has 4 aromatic carbocycles. The molecule has 0 atom stereocenters. The third kappa shape index (κ3) is 3.94. The molecule has 0 aromatic heterocycles. The zero-order valence-electron chi connectivity index (χ0n) is 22.4. The van der Waals surface area contributed by atoms with Gasteiger partial charge in [-0.2, -0.15) is 5.26 Å². The smallest absolute Gasteiger partial charge is 0.235 e. The van der Waals surface area contributed by atoms with Crippen LogP contribution in [0.4, 0.5) is 14.5 Å². The molecule has 200 valence electrons. The van der Waals surface area contributed by atoms with Gasteiger partial charge in [0.25, 0.3) is 11.4 Å². The molecule has 0 amide bonds. The lowest BCUT2D eigenvalue weighted by Gasteiger charge is -2.15. The Kier molecular flexibility index (Phi) is 6.39. The second kappa shape index (κ2) is 10.4. The van der Waals surface area contributed by atoms with Gasteiger partial charge in [-0.25, -0.2) is 33.8 Å². The van der Waals surface area contributed by atoms with E-state index in [2.05, 4.69) is 14.5 Å². The van der Waals surface area contributed by atoms with Gasteiger partial charge in [0.15, 0.2) is 0 Å². The molecule has 0 saturated carbocycles. The Labute approximate surface area is 250 Å². The highest BCUT2D eigenvalue weighted by Gasteiger charge is 2.39. The molecule has 44 heavy (non-hydrogen) atoms. The molecule has 6 rings (SSSR count). The van der Waals surface area contributed by atoms with Crippen LogP contribution in [0, 0.1) is 65.3 Å². The lowest BCUT2D eigenvalue weighted by Crippen LogP contribution is -1.96. The fourth-order valence-electron chi connectivity index (χ4n) is 5.69. The third-order valence-corrected chi connectivity index (χ3v) is 7.60. The van der Waals surface area contributed by atoms with E-state index in [1.54, 1.807) is 36.4 Å². The minimum absolute atomic E-state index is 0.131. The lowest BCUT2D eigenvalue weighted by molar-refractivity contribution is 0.624. The maximum atomic E-state index is 14.1. The molecule has 0 heterocycles. The van der Waals surface area contributed by atoms with Crippen LogP contribution in [0.25, 0.3) is 59.1 Å². The molecule has 2 aliphatic carbocycles. The first-order valence-electron chi connectivity index (χ1n) is 12.8. The van der Waals surface area contributed by atoms with Crippen LogP contribution >= 0.6 is 0 Å². The van der Waals surface area contributed by atoms with Crippen LogP contribution in [0.5, 0.6) is 0 Å². The van der Waals surface area contributed by atoms with E-state index >= 15 is 0 Å². The molecule has 0 radical (unpaired) electrons. The largest absolute Gasteiger partial charge is 0.270 e. The van der Waals surface area contributed by atoms with Gasteiger partial charge in [0.1, 0.15) is 17.7 Å². The maximum absolute atomic E-state index is 14.1. The second-order valence-electron chi connectivity index (χ2n) is 9.75. The summed E-state index contributed by atoms with van der Waals surface area (Å²) in [5, 5.41) is 29.3. The molecule has 6 nitrogen and oxygen atoms in total. The molecule has 0 N–H and O–H groups in total. The van der Waals surface area contributed by atoms with Crippen LogP contribution in [0.3, 0.4) is 0 Å². The summed E-state index contributed by atoms with van der Waals surface area (Å²) in [5.41, 5.74) is 5.64. The van der Waals surface area contributed by atoms with E-state index in [1.165, 1.54) is 36.4 Å². The van der Waals surface area contributed by atoms with Crippen molar-refractivity contribution in [1.82, 2.24) is 0 Å². The van der Waals surface area contributed by atoms with Crippen molar-refractivity contribution in [2.45, 2.75) is 0 Å². The van der Waals surface area contributed by atoms with Gasteiger partial charge in [-0.15, -0.1) is 0 Å². The SMILES string of the molecule is [C-]#[N+]/C(C#N)=C1C2=C(/C(=C(\C#N)[N+]#[C-])c3cc(-c4ccc(F)c([N+]#[C-])c4)ccc32)c2ccc(-c3ccc(F)c(C#N)c3)cc2\1. The van der Waals surface area contributed by atoms with E-state index in [4.69, 9.17) is 19.7 Å². The minimum Gasteiger partial charge on any atom is -0.235 e. The highest BCUT2D eigenvalue weighted by molar-refractivity contribution is 6.37. The summed E-state index contributed by atoms with van der Waals surface area (Å²) in [6.07, 6.45) is 0. The van der Waals surface area contributed by atoms with Gasteiger partial charge in [0.05, 0.1) is 37.4 Å². The Morgan fingerprint density at radius 1 is 0.568 bits per heavy atom. The first-order valence-corrected chi connectivity index (χ1v) is 12.8. The summed E-state index contributed by atoms with van der Waals surface area (Å²) in [5.74, 6) is -1.30. The summed E-state index contributed by atoms with van der Waals surface area (Å²) in [4.78, 5) is 10.2. The number of nitriles is 3. The average molecular weight is 567 g/mol. The van der Waals surface area contributed by atoms with Crippen molar-refractivity contribution >= 4 is 28.0 Å². The van der Waals surface area contributed by atoms with Crippen molar-refractivity contribution in [3.8, 4) is 40.5 Å². The van der Waals surface area contributed by atoms with Crippen LogP contribution in [-0.4, -0.2) is 0 Å². The molecule has 0 spiro atoms. The number of fused-ring (bicyclic) bond motifs is 4. The van der Waals surface area contributed by atoms with E-state index in [-0.39, 0.29) is 22.6 Å². The number of benzene rings is 4. The fourth-order valence-corrected chi connectivity index (χ4v) is 5.69. The Morgan fingerprint density at radius 3 is 1.48 bits per heavy atom. The summed E-state index contributed by atoms with van der Waals surface area (Å²) < 4.78 is 28.1. The normalized spacial score (nSPS) is 14.5. The van der Waals surface area contributed by atoms with Crippen molar-refractivity contribution in [3.05, 3.63) is 158 Å². The Bertz CT molecular complexity index is 2170. The Balaban J connectivity index is 1.63. The molecule has 0 aliphatic heterocycles. The number of halogens is 2. The monoisotopic (exact) mass is 566 g/mol. The van der Waals surface area contributed by atoms with E-state index in [1.807, 2.05) is 18.2 Å². The van der Waals surface area contributed by atoms with Crippen molar-refractivity contribution in [2.24, 2.45) is 0 Å². The number of allylic oxidation sites excluding steroid dienone is 6. The van der Waals surface area contributed by atoms with Crippen molar-refractivity contribution < 1.29 is 8.78 Å². The predicted molar refractivity (Wildman–Crippen MR) is 160 cm³/mol. The topological polar surface area (TPSA) is 84.4 Å². The van der Waals surface area contributed by atoms with Gasteiger partial charge in [-0.3, -0.25) is 0 Å². The summed E-state index contributed by atoms with van der Waals surface area (Å²) >= 11 is 0. The van der Waals surface area contributed by atoms with Gasteiger partial charge >= 0.3 is 0 Å². The first-order chi connectivity index (χ1) is 21.4. The highest BCUT2D eigenvalue weighted by atomic mass is 19.1. The summed E-state index contributed by atoms with van der Waals surface area (Å²) in [7, 11) is 0. The average Bonchev–Trinajstić information content (AvgIpc) is 3.55. The predicted octanol–water partition coefficient (Wildman–Crippen LogP) is 8.97. The Morgan fingerprint density at radius 2 is 1.02 bits per heavy atom. The first kappa shape index (κ1) is 27.1. The summed E-state index contributed by atoms with van der Waals surface area (Å²) in [6, 6.07) is 24.6. The van der Waals surface area contributed by atoms with Gasteiger partial charge < -0.3 is 0 Å². The van der Waals surface area contributed by atoms with Crippen molar-refractivity contribution in [1.29, 1.82) is 15.8 Å². The summed E-state index contributed by atoms with van der Waals surface area (Å²) in [6.45, 7) is 22.8. The molecule has 8 heteroatoms. The molecule has 0 unspecified atom stereocenters. The van der Waals surface area contributed by atoms with Crippen LogP contribution in [0.15, 0.2) is 84.2 Å². The quantitative estimate of drug-likeness (QED) is 0.179. The van der Waals surface area contributed by atoms with Crippen LogP contribution in [0.1, 0.15) is 27.8 Å². The zero-order chi connectivity index (χ0) is 31.1. The van der Waals surface area contributed by atoms with E-state index in [0.717, 1.165) is 0 Å². The fraction of sp³-hybridized carbons (Fsp3) is 0. The lowest BCUT2D eigenvalue weighted by atomic mass is 9.88. The molecule has 0 saturated heterocycles. The molecular formula is C36H12F2N6. The van der Waals surface area contributed by atoms with Crippen LogP contribution < -0.4 is 0 Å². The van der Waals surface area contributed by atoms with Crippen molar-refractivity contribution in [2.75, 3.05) is 0 Å². The van der Waals surface area contributed by atoms with Gasteiger partial charge in [-0.1, -0.05) is 36.4 Å². The zero-order valence-corrected chi connectivity index (χ0v) is 22.4. The standard InChI is InChI=1S/C36H12F2N6/c1-42-30-15-22(7-11-29(30)38)21-5-9-25-27(14-21)34(32(18-41)44-3)35-24-8-4-20(19-6-10-28(37)23(12-19)16-39)13-26(24)33(36(25)35)31(17-40)43-2/h4-15H/b33-31-,34-32+. The molecule has 4 aromatic rings. The second-order valence-corrected chi connectivity index (χ2v) is 9.75. The number of rotatable bonds is 2. The van der Waals surface area contributed by atoms with Gasteiger partial charge in [0, 0.05) is 11.1 Å². The van der Waals surface area contributed by atoms with Crippen LogP contribution in [-0.2, 0) is 0 Å². The molecule has 0 fully saturated rings. The van der Waals surface area contributed by atoms with Crippen LogP contribution in [0.2, 0.25) is 0 Å². The maximum Gasteiger partial charge on any atom is 0.270 e. The van der Waals surface area contributed by atoms with Gasteiger partial charge in [-0.05, 0) is 92.1 Å². The third-order valence-electron chi connectivity index (χ3n) is 7.60. The van der Waals surface area contributed by atoms with E-state index in [9.17, 15) is 24.6 Å². The van der Waals surface area contributed by atoms with E-state index in [0.29, 0.717) is 66.8 Å². The molecule has 0 bridgehead atoms. The van der Waals surface area contributed by atoms with Crippen molar-refractivity contribution in [3.63, 3.8) is 0 Å². The molecule has 2 aliphatic rings. The van der Waals surface area contributed by atoms with Gasteiger partial charge in [0.2, 0.25) is 5.69 Å². The number of hydrogen-bond acceptors (Lipinski definition) is 3. The molecular weight excluding hydrogens is 554 g/mol.